The van der Waals surface area contributed by atoms with Crippen LogP contribution in [0.4, 0.5) is 11.4 Å². The predicted molar refractivity (Wildman–Crippen MR) is 97.9 cm³/mol. The highest BCUT2D eigenvalue weighted by Crippen LogP contribution is 2.34. The van der Waals surface area contributed by atoms with Crippen LogP contribution in [0.25, 0.3) is 0 Å². The summed E-state index contributed by atoms with van der Waals surface area (Å²) in [5.74, 6) is 0.424. The summed E-state index contributed by atoms with van der Waals surface area (Å²) in [6.45, 7) is 4.09. The van der Waals surface area contributed by atoms with E-state index in [-0.39, 0.29) is 18.4 Å². The van der Waals surface area contributed by atoms with E-state index in [1.807, 2.05) is 30.3 Å². The number of amides is 2. The Morgan fingerprint density at radius 1 is 1.24 bits per heavy atom. The second-order valence-electron chi connectivity index (χ2n) is 5.80. The van der Waals surface area contributed by atoms with E-state index in [1.165, 1.54) is 0 Å². The molecule has 5 heteroatoms. The first-order chi connectivity index (χ1) is 12.2. The van der Waals surface area contributed by atoms with Gasteiger partial charge in [-0.1, -0.05) is 36.4 Å². The molecule has 1 N–H and O–H groups in total. The van der Waals surface area contributed by atoms with E-state index in [0.717, 1.165) is 5.56 Å². The van der Waals surface area contributed by atoms with Crippen molar-refractivity contribution in [3.05, 3.63) is 66.7 Å². The second kappa shape index (κ2) is 7.66. The van der Waals surface area contributed by atoms with Gasteiger partial charge in [-0.3, -0.25) is 9.59 Å². The number of ether oxygens (including phenoxy) is 1. The van der Waals surface area contributed by atoms with Gasteiger partial charge in [0.2, 0.25) is 5.91 Å². The summed E-state index contributed by atoms with van der Waals surface area (Å²) in [5.41, 5.74) is 2.48. The van der Waals surface area contributed by atoms with Gasteiger partial charge in [0.1, 0.15) is 5.75 Å². The molecule has 5 nitrogen and oxygen atoms in total. The van der Waals surface area contributed by atoms with Gasteiger partial charge in [0, 0.05) is 24.7 Å². The van der Waals surface area contributed by atoms with Crippen LogP contribution in [0.5, 0.6) is 5.75 Å². The maximum absolute atomic E-state index is 12.1. The number of fused-ring (bicyclic) bond motifs is 1. The Morgan fingerprint density at radius 3 is 2.80 bits per heavy atom. The zero-order valence-corrected chi connectivity index (χ0v) is 13.9. The molecule has 2 amide bonds. The lowest BCUT2D eigenvalue weighted by molar-refractivity contribution is -0.121. The van der Waals surface area contributed by atoms with Gasteiger partial charge in [0.05, 0.1) is 5.69 Å². The minimum Gasteiger partial charge on any atom is -0.481 e. The van der Waals surface area contributed by atoms with Gasteiger partial charge in [0.25, 0.3) is 5.91 Å². The monoisotopic (exact) mass is 336 g/mol. The number of aryl methyl sites for hydroxylation is 1. The van der Waals surface area contributed by atoms with Crippen LogP contribution in [0, 0.1) is 0 Å². The normalized spacial score (nSPS) is 13.0. The summed E-state index contributed by atoms with van der Waals surface area (Å²) in [6.07, 6.45) is 2.77. The highest BCUT2D eigenvalue weighted by atomic mass is 16.5. The molecule has 0 saturated carbocycles. The van der Waals surface area contributed by atoms with Crippen molar-refractivity contribution in [1.29, 1.82) is 0 Å². The number of nitrogens with one attached hydrogen (secondary N) is 1. The molecule has 128 valence electrons. The Balaban J connectivity index is 1.65. The molecule has 0 aromatic heterocycles. The smallest absolute Gasteiger partial charge is 0.265 e. The molecule has 0 atom stereocenters. The quantitative estimate of drug-likeness (QED) is 0.824. The third kappa shape index (κ3) is 4.07. The zero-order chi connectivity index (χ0) is 17.6. The van der Waals surface area contributed by atoms with Gasteiger partial charge >= 0.3 is 0 Å². The lowest BCUT2D eigenvalue weighted by Crippen LogP contribution is -2.38. The van der Waals surface area contributed by atoms with Crippen molar-refractivity contribution in [2.75, 3.05) is 23.4 Å². The summed E-state index contributed by atoms with van der Waals surface area (Å²) in [4.78, 5) is 25.7. The fourth-order valence-corrected chi connectivity index (χ4v) is 2.74. The highest BCUT2D eigenvalue weighted by molar-refractivity contribution is 5.99. The largest absolute Gasteiger partial charge is 0.481 e. The molecule has 0 unspecified atom stereocenters. The third-order valence-corrected chi connectivity index (χ3v) is 3.98. The number of hydrogen-bond donors (Lipinski definition) is 1. The van der Waals surface area contributed by atoms with Crippen molar-refractivity contribution >= 4 is 23.2 Å². The van der Waals surface area contributed by atoms with Crippen LogP contribution in [0.2, 0.25) is 0 Å². The molecule has 0 spiro atoms. The van der Waals surface area contributed by atoms with E-state index in [2.05, 4.69) is 11.9 Å². The summed E-state index contributed by atoms with van der Waals surface area (Å²) in [7, 11) is 0. The van der Waals surface area contributed by atoms with Crippen LogP contribution >= 0.6 is 0 Å². The molecule has 2 aromatic carbocycles. The predicted octanol–water partition coefficient (Wildman–Crippen LogP) is 3.17. The van der Waals surface area contributed by atoms with Gasteiger partial charge in [0.15, 0.2) is 6.61 Å². The first kappa shape index (κ1) is 16.8. The van der Waals surface area contributed by atoms with Gasteiger partial charge < -0.3 is 15.0 Å². The molecule has 1 heterocycles. The van der Waals surface area contributed by atoms with Gasteiger partial charge in [-0.05, 0) is 24.1 Å². The van der Waals surface area contributed by atoms with Crippen molar-refractivity contribution in [2.24, 2.45) is 0 Å². The van der Waals surface area contributed by atoms with Crippen LogP contribution in [0.3, 0.4) is 0 Å². The van der Waals surface area contributed by atoms with Crippen molar-refractivity contribution in [1.82, 2.24) is 0 Å². The Hall–Kier alpha value is -3.08. The molecular weight excluding hydrogens is 316 g/mol. The number of benzene rings is 2. The van der Waals surface area contributed by atoms with Crippen molar-refractivity contribution in [3.8, 4) is 5.75 Å². The molecule has 1 aliphatic heterocycles. The minimum absolute atomic E-state index is 0.00769. The topological polar surface area (TPSA) is 58.6 Å². The van der Waals surface area contributed by atoms with E-state index in [1.54, 1.807) is 29.2 Å². The molecule has 1 aliphatic rings. The van der Waals surface area contributed by atoms with E-state index in [4.69, 9.17) is 4.74 Å². The number of carbonyl (C=O) groups is 2. The van der Waals surface area contributed by atoms with Crippen LogP contribution in [-0.4, -0.2) is 25.0 Å². The summed E-state index contributed by atoms with van der Waals surface area (Å²) in [5, 5.41) is 2.88. The highest BCUT2D eigenvalue weighted by Gasteiger charge is 2.24. The maximum atomic E-state index is 12.1. The van der Waals surface area contributed by atoms with E-state index >= 15 is 0 Å². The van der Waals surface area contributed by atoms with E-state index in [0.29, 0.717) is 36.5 Å². The number of carbonyl (C=O) groups excluding carboxylic acids is 2. The van der Waals surface area contributed by atoms with Crippen LogP contribution in [0.15, 0.2) is 61.2 Å². The van der Waals surface area contributed by atoms with Gasteiger partial charge in [-0.15, -0.1) is 6.58 Å². The molecular formula is C20H20N2O3. The Labute approximate surface area is 146 Å². The molecule has 0 radical (unpaired) electrons. The van der Waals surface area contributed by atoms with Crippen molar-refractivity contribution in [3.63, 3.8) is 0 Å². The fraction of sp³-hybridized carbons (Fsp3) is 0.200. The molecule has 3 rings (SSSR count). The maximum Gasteiger partial charge on any atom is 0.265 e. The fourth-order valence-electron chi connectivity index (χ4n) is 2.74. The van der Waals surface area contributed by atoms with Crippen molar-refractivity contribution in [2.45, 2.75) is 12.8 Å². The van der Waals surface area contributed by atoms with Crippen molar-refractivity contribution < 1.29 is 14.3 Å². The number of hydrogen-bond acceptors (Lipinski definition) is 3. The standard InChI is InChI=1S/C20H20N2O3/c1-2-12-22-17-10-9-16(13-18(17)25-14-20(22)24)21-19(23)11-8-15-6-4-3-5-7-15/h2-7,9-10,13H,1,8,11-12,14H2,(H,21,23). The molecule has 0 fully saturated rings. The van der Waals surface area contributed by atoms with Gasteiger partial charge in [-0.2, -0.15) is 0 Å². The first-order valence-electron chi connectivity index (χ1n) is 8.19. The molecule has 0 saturated heterocycles. The number of anilines is 2. The average Bonchev–Trinajstić information content (AvgIpc) is 2.63. The number of rotatable bonds is 6. The number of nitrogens with zero attached hydrogens (tertiary/aromatic N) is 1. The lowest BCUT2D eigenvalue weighted by atomic mass is 10.1. The summed E-state index contributed by atoms with van der Waals surface area (Å²) >= 11 is 0. The SMILES string of the molecule is C=CCN1C(=O)COc2cc(NC(=O)CCc3ccccc3)ccc21. The van der Waals surface area contributed by atoms with Crippen LogP contribution in [-0.2, 0) is 16.0 Å². The average molecular weight is 336 g/mol. The Kier molecular flexibility index (Phi) is 5.14. The first-order valence-corrected chi connectivity index (χ1v) is 8.19. The summed E-state index contributed by atoms with van der Waals surface area (Å²) < 4.78 is 5.49. The zero-order valence-electron chi connectivity index (χ0n) is 13.9. The minimum atomic E-state index is -0.105. The third-order valence-electron chi connectivity index (χ3n) is 3.98. The molecule has 25 heavy (non-hydrogen) atoms. The van der Waals surface area contributed by atoms with Gasteiger partial charge in [-0.25, -0.2) is 0 Å². The Bertz CT molecular complexity index is 787. The second-order valence-corrected chi connectivity index (χ2v) is 5.80. The van der Waals surface area contributed by atoms with E-state index in [9.17, 15) is 9.59 Å². The van der Waals surface area contributed by atoms with E-state index < -0.39 is 0 Å². The van der Waals surface area contributed by atoms with Crippen LogP contribution < -0.4 is 15.0 Å². The molecule has 0 bridgehead atoms. The summed E-state index contributed by atoms with van der Waals surface area (Å²) in [6, 6.07) is 15.2. The Morgan fingerprint density at radius 2 is 2.04 bits per heavy atom. The lowest BCUT2D eigenvalue weighted by Gasteiger charge is -2.28. The molecule has 2 aromatic rings. The molecule has 0 aliphatic carbocycles. The van der Waals surface area contributed by atoms with Crippen LogP contribution in [0.1, 0.15) is 12.0 Å².